The number of nitrogens with zero attached hydrogens (tertiary/aromatic N) is 2. The van der Waals surface area contributed by atoms with Crippen LogP contribution >= 0.6 is 62.8 Å². The Morgan fingerprint density at radius 1 is 0.421 bits per heavy atom. The van der Waals surface area contributed by atoms with Crippen molar-refractivity contribution >= 4 is 74.8 Å². The van der Waals surface area contributed by atoms with Crippen LogP contribution in [0.1, 0.15) is 201 Å². The first-order valence-electron chi connectivity index (χ1n) is 23.4. The van der Waals surface area contributed by atoms with E-state index in [1.807, 2.05) is 55.1 Å². The minimum atomic E-state index is -0.112. The van der Waals surface area contributed by atoms with Gasteiger partial charge in [0, 0.05) is 36.1 Å². The van der Waals surface area contributed by atoms with Gasteiger partial charge in [-0.25, -0.2) is 0 Å². The molecule has 0 N–H and O–H groups in total. The van der Waals surface area contributed by atoms with Gasteiger partial charge in [0.1, 0.15) is 12.2 Å². The Hall–Kier alpha value is 0.960. The summed E-state index contributed by atoms with van der Waals surface area (Å²) in [5.74, 6) is 3.84. The Kier molecular flexibility index (Phi) is 47.2. The molecule has 12 heteroatoms. The van der Waals surface area contributed by atoms with Crippen LogP contribution < -0.4 is 0 Å². The van der Waals surface area contributed by atoms with Gasteiger partial charge < -0.3 is 19.3 Å². The molecule has 0 rings (SSSR count). The van der Waals surface area contributed by atoms with Gasteiger partial charge in [0.05, 0.1) is 12.8 Å². The lowest BCUT2D eigenvalue weighted by molar-refractivity contribution is -0.148. The Bertz CT molecular complexity index is 799. The molecule has 0 radical (unpaired) electrons. The van der Waals surface area contributed by atoms with E-state index in [2.05, 4.69) is 37.7 Å². The van der Waals surface area contributed by atoms with Crippen LogP contribution in [0.2, 0.25) is 0 Å². The second kappa shape index (κ2) is 46.5. The van der Waals surface area contributed by atoms with Crippen LogP contribution in [0.25, 0.3) is 0 Å². The van der Waals surface area contributed by atoms with Crippen LogP contribution in [0.4, 0.5) is 0 Å². The van der Waals surface area contributed by atoms with Gasteiger partial charge in [0.25, 0.3) is 0 Å². The maximum Gasteiger partial charge on any atom is 0.307 e. The minimum absolute atomic E-state index is 0.0636. The molecule has 2 atom stereocenters. The molecule has 0 saturated carbocycles. The first-order valence-corrected chi connectivity index (χ1v) is 31.0. The molecule has 0 bridgehead atoms. The zero-order valence-corrected chi connectivity index (χ0v) is 42.8. The number of rotatable bonds is 46. The molecule has 0 heterocycles. The molecule has 0 aromatic rings. The van der Waals surface area contributed by atoms with Crippen molar-refractivity contribution in [3.8, 4) is 0 Å². The van der Waals surface area contributed by atoms with Crippen molar-refractivity contribution in [1.29, 1.82) is 0 Å². The molecule has 0 aliphatic carbocycles. The SMILES string of the molecule is CCCCCCCCCCCCCCSSSCC(C)OC(=O)CCN(C)CCCN(C)CCC(=O)OC(C)CSSSCCCCCCCCCCCCCC. The van der Waals surface area contributed by atoms with Crippen LogP contribution in [0.5, 0.6) is 0 Å². The fraction of sp³-hybridized carbons (Fsp3) is 0.956. The smallest absolute Gasteiger partial charge is 0.307 e. The highest BCUT2D eigenvalue weighted by Crippen LogP contribution is 2.36. The molecule has 0 saturated heterocycles. The number of esters is 2. The Morgan fingerprint density at radius 3 is 1.04 bits per heavy atom. The second-order valence-electron chi connectivity index (χ2n) is 16.2. The molecular weight excluding hydrogens is 825 g/mol. The van der Waals surface area contributed by atoms with Gasteiger partial charge in [-0.2, -0.15) is 0 Å². The van der Waals surface area contributed by atoms with Crippen molar-refractivity contribution in [2.45, 2.75) is 213 Å². The summed E-state index contributed by atoms with van der Waals surface area (Å²) < 4.78 is 11.3. The summed E-state index contributed by atoms with van der Waals surface area (Å²) in [4.78, 5) is 29.2. The molecule has 0 aromatic carbocycles. The predicted molar refractivity (Wildman–Crippen MR) is 267 cm³/mol. The molecule has 340 valence electrons. The lowest BCUT2D eigenvalue weighted by Gasteiger charge is -2.20. The normalized spacial score (nSPS) is 12.8. The van der Waals surface area contributed by atoms with E-state index in [4.69, 9.17) is 9.47 Å². The van der Waals surface area contributed by atoms with Gasteiger partial charge in [-0.15, -0.1) is 0 Å². The summed E-state index contributed by atoms with van der Waals surface area (Å²) >= 11 is 0. The van der Waals surface area contributed by atoms with E-state index in [-0.39, 0.29) is 24.1 Å². The third-order valence-electron chi connectivity index (χ3n) is 10.1. The summed E-state index contributed by atoms with van der Waals surface area (Å²) in [7, 11) is 15.3. The largest absolute Gasteiger partial charge is 0.462 e. The Morgan fingerprint density at radius 2 is 0.719 bits per heavy atom. The number of hydrogen-bond acceptors (Lipinski definition) is 12. The predicted octanol–water partition coefficient (Wildman–Crippen LogP) is 15.3. The zero-order valence-electron chi connectivity index (χ0n) is 37.9. The van der Waals surface area contributed by atoms with Crippen molar-refractivity contribution in [2.75, 3.05) is 63.3 Å². The standard InChI is InChI=1S/C45H90N2O4S6/c1-7-9-11-13-15-17-19-21-23-25-27-29-38-52-56-54-40-42(3)50-44(48)32-36-46(5)34-31-35-47(6)37-33-45(49)51-43(4)41-55-57-53-39-30-28-26-24-22-20-18-16-14-12-10-8-2/h42-43H,7-41H2,1-6H3. The molecule has 2 unspecified atom stereocenters. The molecule has 57 heavy (non-hydrogen) atoms. The third kappa shape index (κ3) is 46.3. The first-order chi connectivity index (χ1) is 27.8. The van der Waals surface area contributed by atoms with Crippen molar-refractivity contribution in [3.63, 3.8) is 0 Å². The number of carbonyl (C=O) groups is 2. The minimum Gasteiger partial charge on any atom is -0.462 e. The highest BCUT2D eigenvalue weighted by molar-refractivity contribution is 9.09. The van der Waals surface area contributed by atoms with Crippen LogP contribution in [0.3, 0.4) is 0 Å². The number of carbonyl (C=O) groups excluding carboxylic acids is 2. The van der Waals surface area contributed by atoms with Crippen molar-refractivity contribution < 1.29 is 19.1 Å². The van der Waals surface area contributed by atoms with E-state index in [1.165, 1.54) is 166 Å². The molecule has 0 aliphatic heterocycles. The van der Waals surface area contributed by atoms with Gasteiger partial charge in [0.15, 0.2) is 0 Å². The number of unbranched alkanes of at least 4 members (excludes halogenated alkanes) is 22. The highest BCUT2D eigenvalue weighted by atomic mass is 33.5. The average Bonchev–Trinajstić information content (AvgIpc) is 3.19. The van der Waals surface area contributed by atoms with Crippen molar-refractivity contribution in [2.24, 2.45) is 0 Å². The lowest BCUT2D eigenvalue weighted by atomic mass is 10.1. The van der Waals surface area contributed by atoms with Crippen LogP contribution in [0.15, 0.2) is 0 Å². The van der Waals surface area contributed by atoms with Crippen molar-refractivity contribution in [1.82, 2.24) is 9.80 Å². The van der Waals surface area contributed by atoms with Gasteiger partial charge >= 0.3 is 11.9 Å². The molecule has 6 nitrogen and oxygen atoms in total. The number of hydrogen-bond donors (Lipinski definition) is 0. The topological polar surface area (TPSA) is 59.1 Å². The van der Waals surface area contributed by atoms with Crippen LogP contribution in [-0.2, 0) is 19.1 Å². The molecule has 0 aliphatic rings. The molecule has 0 amide bonds. The van der Waals surface area contributed by atoms with Crippen LogP contribution in [-0.4, -0.2) is 97.2 Å². The van der Waals surface area contributed by atoms with E-state index in [1.54, 1.807) is 21.6 Å². The second-order valence-corrected chi connectivity index (χ2v) is 25.0. The summed E-state index contributed by atoms with van der Waals surface area (Å²) in [6.07, 6.45) is 35.1. The fourth-order valence-electron chi connectivity index (χ4n) is 6.42. The van der Waals surface area contributed by atoms with E-state index in [0.29, 0.717) is 25.9 Å². The Labute approximate surface area is 377 Å². The maximum absolute atomic E-state index is 12.4. The first kappa shape index (κ1) is 58.0. The number of ether oxygens (including phenoxy) is 2. The molecule has 0 aromatic heterocycles. The molecule has 0 fully saturated rings. The van der Waals surface area contributed by atoms with E-state index in [0.717, 1.165) is 31.0 Å². The van der Waals surface area contributed by atoms with E-state index in [9.17, 15) is 9.59 Å². The molecule has 0 spiro atoms. The quantitative estimate of drug-likeness (QED) is 0.0332. The fourth-order valence-corrected chi connectivity index (χ4v) is 14.4. The zero-order chi connectivity index (χ0) is 41.9. The highest BCUT2D eigenvalue weighted by Gasteiger charge is 2.13. The average molecular weight is 916 g/mol. The summed E-state index contributed by atoms with van der Waals surface area (Å²) in [6.45, 7) is 11.8. The summed E-state index contributed by atoms with van der Waals surface area (Å²) in [5.41, 5.74) is 0. The van der Waals surface area contributed by atoms with Gasteiger partial charge in [-0.3, -0.25) is 9.59 Å². The van der Waals surface area contributed by atoms with E-state index >= 15 is 0 Å². The van der Waals surface area contributed by atoms with Crippen LogP contribution in [0, 0.1) is 0 Å². The molecular formula is C45H90N2O4S6. The maximum atomic E-state index is 12.4. The van der Waals surface area contributed by atoms with Crippen molar-refractivity contribution in [3.05, 3.63) is 0 Å². The van der Waals surface area contributed by atoms with Gasteiger partial charge in [-0.05, 0) is 79.9 Å². The van der Waals surface area contributed by atoms with Gasteiger partial charge in [-0.1, -0.05) is 198 Å². The summed E-state index contributed by atoms with van der Waals surface area (Å²) in [6, 6.07) is 0. The van der Waals surface area contributed by atoms with E-state index < -0.39 is 0 Å². The summed E-state index contributed by atoms with van der Waals surface area (Å²) in [5, 5.41) is 0. The lowest BCUT2D eigenvalue weighted by Crippen LogP contribution is -2.29. The monoisotopic (exact) mass is 915 g/mol. The third-order valence-corrected chi connectivity index (χ3v) is 19.0. The van der Waals surface area contributed by atoms with Gasteiger partial charge in [0.2, 0.25) is 0 Å². The Balaban J connectivity index is 3.59.